The number of hydrogen-bond acceptors (Lipinski definition) is 5. The molecule has 1 aliphatic heterocycles. The van der Waals surface area contributed by atoms with Gasteiger partial charge in [-0.05, 0) is 42.7 Å². The number of likely N-dealkylation sites (tertiary alicyclic amines) is 1. The van der Waals surface area contributed by atoms with E-state index in [0.29, 0.717) is 24.5 Å². The van der Waals surface area contributed by atoms with Gasteiger partial charge >= 0.3 is 0 Å². The molecule has 136 valence electrons. The van der Waals surface area contributed by atoms with Crippen LogP contribution < -0.4 is 10.1 Å². The monoisotopic (exact) mass is 354 g/mol. The summed E-state index contributed by atoms with van der Waals surface area (Å²) in [5, 5.41) is 2.75. The van der Waals surface area contributed by atoms with Crippen LogP contribution in [0.2, 0.25) is 0 Å². The van der Waals surface area contributed by atoms with Gasteiger partial charge in [0.1, 0.15) is 5.56 Å². The first-order chi connectivity index (χ1) is 12.6. The van der Waals surface area contributed by atoms with Gasteiger partial charge in [-0.2, -0.15) is 0 Å². The number of hydrogen-bond donors (Lipinski definition) is 1. The average molecular weight is 354 g/mol. The van der Waals surface area contributed by atoms with Crippen LogP contribution in [0, 0.1) is 0 Å². The van der Waals surface area contributed by atoms with E-state index in [9.17, 15) is 9.59 Å². The molecule has 1 aliphatic rings. The highest BCUT2D eigenvalue weighted by Gasteiger charge is 2.32. The third kappa shape index (κ3) is 3.82. The maximum atomic E-state index is 13.0. The lowest BCUT2D eigenvalue weighted by Crippen LogP contribution is -2.31. The first-order valence-corrected chi connectivity index (χ1v) is 8.59. The van der Waals surface area contributed by atoms with Gasteiger partial charge < -0.3 is 15.0 Å². The number of aromatic nitrogens is 2. The number of amides is 2. The molecule has 2 aromatic heterocycles. The summed E-state index contributed by atoms with van der Waals surface area (Å²) in [4.78, 5) is 34.4. The van der Waals surface area contributed by atoms with Crippen LogP contribution in [0.3, 0.4) is 0 Å². The standard InChI is InChI=1S/C19H22N4O3/c1-13(24)22-12-15-11-14(7-9-20-15)17-6-4-10-23(17)19(25)16-5-3-8-21-18(16)26-2/h3,5,7-9,11,17H,4,6,10,12H2,1-2H3,(H,22,24)/t17-/m0/s1. The molecular formula is C19H22N4O3. The number of carbonyl (C=O) groups is 2. The van der Waals surface area contributed by atoms with Crippen LogP contribution in [-0.2, 0) is 11.3 Å². The Bertz CT molecular complexity index is 809. The lowest BCUT2D eigenvalue weighted by molar-refractivity contribution is -0.119. The highest BCUT2D eigenvalue weighted by Crippen LogP contribution is 2.34. The molecule has 1 fully saturated rings. The van der Waals surface area contributed by atoms with Crippen LogP contribution in [0.5, 0.6) is 5.88 Å². The number of carbonyl (C=O) groups excluding carboxylic acids is 2. The van der Waals surface area contributed by atoms with Crippen molar-refractivity contribution in [1.29, 1.82) is 0 Å². The molecule has 0 spiro atoms. The van der Waals surface area contributed by atoms with Crippen molar-refractivity contribution < 1.29 is 14.3 Å². The molecule has 2 aromatic rings. The molecule has 3 heterocycles. The van der Waals surface area contributed by atoms with Gasteiger partial charge in [0.2, 0.25) is 11.8 Å². The van der Waals surface area contributed by atoms with Gasteiger partial charge in [0.05, 0.1) is 25.4 Å². The molecule has 2 amide bonds. The topological polar surface area (TPSA) is 84.4 Å². The summed E-state index contributed by atoms with van der Waals surface area (Å²) in [5.74, 6) is 0.153. The largest absolute Gasteiger partial charge is 0.480 e. The Hall–Kier alpha value is -2.96. The van der Waals surface area contributed by atoms with Crippen LogP contribution in [0.25, 0.3) is 0 Å². The predicted octanol–water partition coefficient (Wildman–Crippen LogP) is 2.10. The van der Waals surface area contributed by atoms with Crippen molar-refractivity contribution in [2.45, 2.75) is 32.4 Å². The van der Waals surface area contributed by atoms with Crippen molar-refractivity contribution >= 4 is 11.8 Å². The van der Waals surface area contributed by atoms with Crippen molar-refractivity contribution in [3.05, 3.63) is 53.5 Å². The lowest BCUT2D eigenvalue weighted by atomic mass is 10.0. The Kier molecular flexibility index (Phi) is 5.46. The summed E-state index contributed by atoms with van der Waals surface area (Å²) in [6.07, 6.45) is 5.15. The number of ether oxygens (including phenoxy) is 1. The van der Waals surface area contributed by atoms with Gasteiger partial charge in [-0.25, -0.2) is 4.98 Å². The van der Waals surface area contributed by atoms with E-state index in [1.165, 1.54) is 14.0 Å². The van der Waals surface area contributed by atoms with E-state index in [4.69, 9.17) is 4.74 Å². The molecule has 0 bridgehead atoms. The molecule has 0 aliphatic carbocycles. The Balaban J connectivity index is 1.83. The van der Waals surface area contributed by atoms with Crippen LogP contribution >= 0.6 is 0 Å². The summed E-state index contributed by atoms with van der Waals surface area (Å²) in [6, 6.07) is 7.32. The zero-order valence-electron chi connectivity index (χ0n) is 14.9. The van der Waals surface area contributed by atoms with E-state index in [1.54, 1.807) is 24.5 Å². The van der Waals surface area contributed by atoms with Crippen LogP contribution in [0.1, 0.15) is 47.4 Å². The number of nitrogens with one attached hydrogen (secondary N) is 1. The zero-order valence-corrected chi connectivity index (χ0v) is 14.9. The minimum absolute atomic E-state index is 0.0218. The molecule has 0 saturated carbocycles. The molecule has 3 rings (SSSR count). The van der Waals surface area contributed by atoms with E-state index in [1.807, 2.05) is 17.0 Å². The molecule has 0 unspecified atom stereocenters. The molecule has 7 heteroatoms. The smallest absolute Gasteiger partial charge is 0.259 e. The molecule has 7 nitrogen and oxygen atoms in total. The van der Waals surface area contributed by atoms with E-state index in [2.05, 4.69) is 15.3 Å². The second-order valence-corrected chi connectivity index (χ2v) is 6.21. The van der Waals surface area contributed by atoms with E-state index >= 15 is 0 Å². The number of rotatable bonds is 5. The minimum Gasteiger partial charge on any atom is -0.480 e. The average Bonchev–Trinajstić information content (AvgIpc) is 3.16. The summed E-state index contributed by atoms with van der Waals surface area (Å²) < 4.78 is 5.23. The van der Waals surface area contributed by atoms with E-state index in [0.717, 1.165) is 24.1 Å². The fourth-order valence-electron chi connectivity index (χ4n) is 3.24. The maximum Gasteiger partial charge on any atom is 0.259 e. The van der Waals surface area contributed by atoms with Gasteiger partial charge in [-0.15, -0.1) is 0 Å². The third-order valence-electron chi connectivity index (χ3n) is 4.45. The van der Waals surface area contributed by atoms with Crippen molar-refractivity contribution in [1.82, 2.24) is 20.2 Å². The van der Waals surface area contributed by atoms with Crippen molar-refractivity contribution in [3.8, 4) is 5.88 Å². The second-order valence-electron chi connectivity index (χ2n) is 6.21. The molecular weight excluding hydrogens is 332 g/mol. The maximum absolute atomic E-state index is 13.0. The SMILES string of the molecule is COc1ncccc1C(=O)N1CCC[C@H]1c1ccnc(CNC(C)=O)c1. The highest BCUT2D eigenvalue weighted by molar-refractivity contribution is 5.96. The second kappa shape index (κ2) is 7.95. The fourth-order valence-corrected chi connectivity index (χ4v) is 3.24. The van der Waals surface area contributed by atoms with Gasteiger partial charge in [0.25, 0.3) is 5.91 Å². The summed E-state index contributed by atoms with van der Waals surface area (Å²) >= 11 is 0. The molecule has 1 saturated heterocycles. The first kappa shape index (κ1) is 17.8. The van der Waals surface area contributed by atoms with Crippen LogP contribution in [0.15, 0.2) is 36.7 Å². The van der Waals surface area contributed by atoms with Gasteiger partial charge in [-0.3, -0.25) is 14.6 Å². The number of pyridine rings is 2. The van der Waals surface area contributed by atoms with Gasteiger partial charge in [0.15, 0.2) is 0 Å². The highest BCUT2D eigenvalue weighted by atomic mass is 16.5. The summed E-state index contributed by atoms with van der Waals surface area (Å²) in [7, 11) is 1.51. The predicted molar refractivity (Wildman–Crippen MR) is 95.6 cm³/mol. The molecule has 0 aromatic carbocycles. The van der Waals surface area contributed by atoms with E-state index in [-0.39, 0.29) is 17.9 Å². The van der Waals surface area contributed by atoms with Crippen LogP contribution in [-0.4, -0.2) is 40.3 Å². The quantitative estimate of drug-likeness (QED) is 0.889. The zero-order chi connectivity index (χ0) is 18.5. The molecule has 26 heavy (non-hydrogen) atoms. The van der Waals surface area contributed by atoms with Crippen LogP contribution in [0.4, 0.5) is 0 Å². The number of nitrogens with zero attached hydrogens (tertiary/aromatic N) is 3. The molecule has 1 N–H and O–H groups in total. The molecule has 0 radical (unpaired) electrons. The minimum atomic E-state index is -0.0986. The summed E-state index contributed by atoms with van der Waals surface area (Å²) in [6.45, 7) is 2.54. The normalized spacial score (nSPS) is 16.4. The van der Waals surface area contributed by atoms with Gasteiger partial charge in [0, 0.05) is 25.9 Å². The Morgan fingerprint density at radius 3 is 2.92 bits per heavy atom. The van der Waals surface area contributed by atoms with E-state index < -0.39 is 0 Å². The van der Waals surface area contributed by atoms with Crippen molar-refractivity contribution in [3.63, 3.8) is 0 Å². The Labute approximate surface area is 152 Å². The summed E-state index contributed by atoms with van der Waals surface area (Å²) in [5.41, 5.74) is 2.26. The fraction of sp³-hybridized carbons (Fsp3) is 0.368. The number of methoxy groups -OCH3 is 1. The Morgan fingerprint density at radius 2 is 2.15 bits per heavy atom. The van der Waals surface area contributed by atoms with Crippen molar-refractivity contribution in [2.24, 2.45) is 0 Å². The Morgan fingerprint density at radius 1 is 1.31 bits per heavy atom. The lowest BCUT2D eigenvalue weighted by Gasteiger charge is -2.26. The first-order valence-electron chi connectivity index (χ1n) is 8.59. The third-order valence-corrected chi connectivity index (χ3v) is 4.45. The molecule has 1 atom stereocenters. The van der Waals surface area contributed by atoms with Gasteiger partial charge in [-0.1, -0.05) is 0 Å². The van der Waals surface area contributed by atoms with Crippen molar-refractivity contribution in [2.75, 3.05) is 13.7 Å².